The lowest BCUT2D eigenvalue weighted by Gasteiger charge is -2.34. The van der Waals surface area contributed by atoms with Gasteiger partial charge in [-0.15, -0.1) is 6.58 Å². The molecular weight excluding hydrogens is 364 g/mol. The molecule has 2 aromatic carbocycles. The molecule has 0 aliphatic carbocycles. The van der Waals surface area contributed by atoms with Crippen molar-refractivity contribution in [3.05, 3.63) is 85.2 Å². The van der Waals surface area contributed by atoms with E-state index >= 15 is 0 Å². The van der Waals surface area contributed by atoms with E-state index in [4.69, 9.17) is 9.47 Å². The molecule has 1 aliphatic rings. The van der Waals surface area contributed by atoms with E-state index in [9.17, 15) is 5.11 Å². The van der Waals surface area contributed by atoms with Crippen molar-refractivity contribution in [1.82, 2.24) is 0 Å². The first-order valence-electron chi connectivity index (χ1n) is 9.89. The Morgan fingerprint density at radius 2 is 1.71 bits per heavy atom. The van der Waals surface area contributed by atoms with Crippen molar-refractivity contribution in [2.24, 2.45) is 0 Å². The van der Waals surface area contributed by atoms with Crippen LogP contribution in [0.1, 0.15) is 19.8 Å². The van der Waals surface area contributed by atoms with Gasteiger partial charge < -0.3 is 14.6 Å². The van der Waals surface area contributed by atoms with Gasteiger partial charge in [0.05, 0.1) is 19.0 Å². The first-order chi connectivity index (χ1) is 13.5. The van der Waals surface area contributed by atoms with Crippen molar-refractivity contribution in [1.29, 1.82) is 0 Å². The summed E-state index contributed by atoms with van der Waals surface area (Å²) in [7, 11) is -2.18. The molecule has 148 valence electrons. The molecule has 3 rings (SSSR count). The minimum Gasteiger partial charge on any atom is -0.467 e. The summed E-state index contributed by atoms with van der Waals surface area (Å²) in [6.07, 6.45) is 5.56. The van der Waals surface area contributed by atoms with E-state index in [0.29, 0.717) is 0 Å². The lowest BCUT2D eigenvalue weighted by Crippen LogP contribution is -2.59. The van der Waals surface area contributed by atoms with Crippen molar-refractivity contribution in [3.63, 3.8) is 0 Å². The van der Waals surface area contributed by atoms with E-state index in [1.807, 2.05) is 13.0 Å². The predicted molar refractivity (Wildman–Crippen MR) is 118 cm³/mol. The summed E-state index contributed by atoms with van der Waals surface area (Å²) in [6.45, 7) is 8.52. The molecule has 0 saturated carbocycles. The summed E-state index contributed by atoms with van der Waals surface area (Å²) in [6, 6.07) is 21.6. The van der Waals surface area contributed by atoms with Gasteiger partial charge in [0.1, 0.15) is 8.07 Å². The Labute approximate surface area is 169 Å². The Morgan fingerprint density at radius 1 is 1.14 bits per heavy atom. The van der Waals surface area contributed by atoms with Crippen LogP contribution in [0.4, 0.5) is 0 Å². The van der Waals surface area contributed by atoms with Crippen LogP contribution in [0.2, 0.25) is 12.1 Å². The molecule has 2 atom stereocenters. The molecule has 0 amide bonds. The first-order valence-corrected chi connectivity index (χ1v) is 12.5. The third-order valence-corrected chi connectivity index (χ3v) is 10.6. The van der Waals surface area contributed by atoms with E-state index < -0.39 is 13.9 Å². The summed E-state index contributed by atoms with van der Waals surface area (Å²) in [5, 5.41) is 12.0. The highest BCUT2D eigenvalue weighted by Gasteiger charge is 2.52. The summed E-state index contributed by atoms with van der Waals surface area (Å²) in [5.41, 5.74) is 0.237. The average molecular weight is 395 g/mol. The highest BCUT2D eigenvalue weighted by molar-refractivity contribution is 7.02. The van der Waals surface area contributed by atoms with E-state index in [1.54, 1.807) is 0 Å². The van der Waals surface area contributed by atoms with Gasteiger partial charge in [0.15, 0.2) is 0 Å². The Morgan fingerprint density at radius 3 is 2.21 bits per heavy atom. The van der Waals surface area contributed by atoms with Gasteiger partial charge in [0, 0.05) is 18.9 Å². The molecule has 0 spiro atoms. The zero-order valence-electron chi connectivity index (χ0n) is 16.8. The van der Waals surface area contributed by atoms with Crippen LogP contribution in [-0.2, 0) is 9.47 Å². The second kappa shape index (κ2) is 8.91. The van der Waals surface area contributed by atoms with Crippen LogP contribution in [0.3, 0.4) is 0 Å². The molecule has 0 aromatic heterocycles. The molecule has 2 unspecified atom stereocenters. The van der Waals surface area contributed by atoms with Crippen LogP contribution in [0, 0.1) is 0 Å². The number of hydrogen-bond acceptors (Lipinski definition) is 3. The van der Waals surface area contributed by atoms with Gasteiger partial charge in [-0.1, -0.05) is 83.7 Å². The maximum atomic E-state index is 9.23. The standard InChI is InChI=1S/C24H30O3Si/c1-4-5-16-22-23(19-24(2,27-22)26-18-17-25)28(3,20-12-8-6-9-13-20)21-14-10-7-11-15-21/h4,6-16,23,25H,1,5,17-19H2,2-3H3/b22-16-. The third-order valence-electron chi connectivity index (χ3n) is 5.68. The van der Waals surface area contributed by atoms with Gasteiger partial charge in [-0.3, -0.25) is 0 Å². The number of allylic oxidation sites excluding steroid dienone is 3. The van der Waals surface area contributed by atoms with Gasteiger partial charge in [-0.25, -0.2) is 0 Å². The molecule has 4 heteroatoms. The van der Waals surface area contributed by atoms with E-state index in [0.717, 1.165) is 18.6 Å². The summed E-state index contributed by atoms with van der Waals surface area (Å²) in [4.78, 5) is 0. The molecular formula is C24H30O3Si. The number of ether oxygens (including phenoxy) is 2. The topological polar surface area (TPSA) is 38.7 Å². The second-order valence-electron chi connectivity index (χ2n) is 7.63. The highest BCUT2D eigenvalue weighted by Crippen LogP contribution is 2.47. The molecule has 3 nitrogen and oxygen atoms in total. The Balaban J connectivity index is 2.10. The molecule has 0 radical (unpaired) electrons. The second-order valence-corrected chi connectivity index (χ2v) is 11.9. The molecule has 1 saturated heterocycles. The lowest BCUT2D eigenvalue weighted by atomic mass is 10.2. The van der Waals surface area contributed by atoms with Gasteiger partial charge in [0.2, 0.25) is 5.79 Å². The maximum absolute atomic E-state index is 9.23. The Bertz CT molecular complexity index is 764. The number of benzene rings is 2. The lowest BCUT2D eigenvalue weighted by molar-refractivity contribution is -0.186. The molecule has 1 heterocycles. The van der Waals surface area contributed by atoms with Crippen LogP contribution in [0.15, 0.2) is 85.2 Å². The van der Waals surface area contributed by atoms with Crippen LogP contribution in [0.5, 0.6) is 0 Å². The third kappa shape index (κ3) is 4.14. The molecule has 2 aromatic rings. The van der Waals surface area contributed by atoms with Crippen LogP contribution >= 0.6 is 0 Å². The van der Waals surface area contributed by atoms with Crippen molar-refractivity contribution in [3.8, 4) is 0 Å². The molecule has 28 heavy (non-hydrogen) atoms. The normalized spacial score (nSPS) is 23.5. The monoisotopic (exact) mass is 394 g/mol. The van der Waals surface area contributed by atoms with E-state index in [-0.39, 0.29) is 18.8 Å². The summed E-state index contributed by atoms with van der Waals surface area (Å²) in [5.74, 6) is 0.264. The molecule has 1 N–H and O–H groups in total. The van der Waals surface area contributed by atoms with Crippen molar-refractivity contribution < 1.29 is 14.6 Å². The minimum atomic E-state index is -2.18. The van der Waals surface area contributed by atoms with Gasteiger partial charge in [-0.05, 0) is 12.5 Å². The Hall–Kier alpha value is -2.14. The van der Waals surface area contributed by atoms with Crippen molar-refractivity contribution in [2.75, 3.05) is 13.2 Å². The van der Waals surface area contributed by atoms with Crippen LogP contribution < -0.4 is 10.4 Å². The fourth-order valence-corrected chi connectivity index (χ4v) is 8.63. The molecule has 1 fully saturated rings. The molecule has 1 aliphatic heterocycles. The van der Waals surface area contributed by atoms with Crippen LogP contribution in [-0.4, -0.2) is 32.2 Å². The van der Waals surface area contributed by atoms with Crippen molar-refractivity contribution in [2.45, 2.75) is 37.6 Å². The number of rotatable bonds is 8. The SMILES string of the molecule is C=CC/C=C1\OC(C)(OCCO)CC1[Si](C)(c1ccccc1)c1ccccc1. The fraction of sp³-hybridized carbons (Fsp3) is 0.333. The highest BCUT2D eigenvalue weighted by atomic mass is 28.3. The fourth-order valence-electron chi connectivity index (χ4n) is 4.19. The first kappa shape index (κ1) is 20.6. The maximum Gasteiger partial charge on any atom is 0.207 e. The zero-order valence-corrected chi connectivity index (χ0v) is 17.8. The van der Waals surface area contributed by atoms with E-state index in [2.05, 4.69) is 79.9 Å². The largest absolute Gasteiger partial charge is 0.467 e. The molecule has 0 bridgehead atoms. The number of aliphatic hydroxyl groups excluding tert-OH is 1. The van der Waals surface area contributed by atoms with Gasteiger partial charge >= 0.3 is 0 Å². The predicted octanol–water partition coefficient (Wildman–Crippen LogP) is 3.86. The quantitative estimate of drug-likeness (QED) is 0.546. The van der Waals surface area contributed by atoms with Crippen LogP contribution in [0.25, 0.3) is 0 Å². The van der Waals surface area contributed by atoms with Gasteiger partial charge in [-0.2, -0.15) is 0 Å². The average Bonchev–Trinajstić information content (AvgIpc) is 3.09. The number of aliphatic hydroxyl groups is 1. The summed E-state index contributed by atoms with van der Waals surface area (Å²) < 4.78 is 12.3. The van der Waals surface area contributed by atoms with Crippen molar-refractivity contribution >= 4 is 18.4 Å². The van der Waals surface area contributed by atoms with E-state index in [1.165, 1.54) is 10.4 Å². The van der Waals surface area contributed by atoms with Gasteiger partial charge in [0.25, 0.3) is 0 Å². The zero-order chi connectivity index (χ0) is 20.0. The minimum absolute atomic E-state index is 0.0125. The Kier molecular flexibility index (Phi) is 6.55. The smallest absolute Gasteiger partial charge is 0.207 e. The summed E-state index contributed by atoms with van der Waals surface area (Å²) >= 11 is 0. The number of hydrogen-bond donors (Lipinski definition) is 1.